The lowest BCUT2D eigenvalue weighted by molar-refractivity contribution is -0.384. The van der Waals surface area contributed by atoms with Crippen LogP contribution in [-0.4, -0.2) is 29.2 Å². The third-order valence-corrected chi connectivity index (χ3v) is 5.46. The monoisotopic (exact) mass is 510 g/mol. The van der Waals surface area contributed by atoms with Crippen molar-refractivity contribution in [3.8, 4) is 11.5 Å². The van der Waals surface area contributed by atoms with E-state index in [1.165, 1.54) is 48.5 Å². The van der Waals surface area contributed by atoms with E-state index in [2.05, 4.69) is 5.32 Å². The number of aryl methyl sites for hydroxylation is 1. The van der Waals surface area contributed by atoms with E-state index in [9.17, 15) is 24.5 Å². The number of anilines is 1. The summed E-state index contributed by atoms with van der Waals surface area (Å²) in [4.78, 5) is 47.7. The van der Waals surface area contributed by atoms with Gasteiger partial charge in [0.05, 0.1) is 10.5 Å². The van der Waals surface area contributed by atoms with Gasteiger partial charge in [-0.05, 0) is 73.7 Å². The highest BCUT2D eigenvalue weighted by Crippen LogP contribution is 2.24. The summed E-state index contributed by atoms with van der Waals surface area (Å²) >= 11 is 0. The first-order chi connectivity index (χ1) is 18.3. The van der Waals surface area contributed by atoms with Crippen molar-refractivity contribution in [2.45, 2.75) is 6.92 Å². The van der Waals surface area contributed by atoms with Gasteiger partial charge in [0.15, 0.2) is 12.4 Å². The van der Waals surface area contributed by atoms with Gasteiger partial charge in [-0.25, -0.2) is 4.79 Å². The number of ketones is 1. The van der Waals surface area contributed by atoms with Gasteiger partial charge >= 0.3 is 5.97 Å². The Morgan fingerprint density at radius 1 is 0.789 bits per heavy atom. The average Bonchev–Trinajstić information content (AvgIpc) is 2.92. The molecule has 0 saturated carbocycles. The molecule has 0 aromatic heterocycles. The molecule has 0 aliphatic rings. The number of Topliss-reactive ketones (excluding diaryl/α,β-unsaturated/α-hetero) is 1. The highest BCUT2D eigenvalue weighted by atomic mass is 16.6. The van der Waals surface area contributed by atoms with E-state index in [1.807, 2.05) is 19.1 Å². The number of hydrogen-bond acceptors (Lipinski definition) is 7. The van der Waals surface area contributed by atoms with Crippen LogP contribution in [0.5, 0.6) is 11.5 Å². The Bertz CT molecular complexity index is 1480. The van der Waals surface area contributed by atoms with Gasteiger partial charge in [-0.15, -0.1) is 0 Å². The van der Waals surface area contributed by atoms with Crippen LogP contribution in [0, 0.1) is 17.0 Å². The maximum Gasteiger partial charge on any atom is 0.338 e. The first kappa shape index (κ1) is 25.8. The van der Waals surface area contributed by atoms with Crippen LogP contribution in [0.15, 0.2) is 97.1 Å². The molecule has 0 spiro atoms. The van der Waals surface area contributed by atoms with Crippen molar-refractivity contribution in [3.63, 3.8) is 0 Å². The van der Waals surface area contributed by atoms with Crippen molar-refractivity contribution in [1.82, 2.24) is 0 Å². The predicted molar refractivity (Wildman–Crippen MR) is 140 cm³/mol. The number of non-ortho nitro benzene ring substituents is 1. The Morgan fingerprint density at radius 2 is 1.39 bits per heavy atom. The minimum absolute atomic E-state index is 0.0495. The molecular weight excluding hydrogens is 488 g/mol. The molecule has 1 amide bonds. The van der Waals surface area contributed by atoms with Gasteiger partial charge in [-0.3, -0.25) is 19.7 Å². The van der Waals surface area contributed by atoms with Crippen LogP contribution in [0.3, 0.4) is 0 Å². The van der Waals surface area contributed by atoms with Crippen molar-refractivity contribution in [2.75, 3.05) is 11.9 Å². The first-order valence-corrected chi connectivity index (χ1v) is 11.5. The van der Waals surface area contributed by atoms with Crippen molar-refractivity contribution in [2.24, 2.45) is 0 Å². The summed E-state index contributed by atoms with van der Waals surface area (Å²) in [6, 6.07) is 25.1. The fourth-order valence-electron chi connectivity index (χ4n) is 3.41. The van der Waals surface area contributed by atoms with Crippen molar-refractivity contribution in [1.29, 1.82) is 0 Å². The zero-order valence-corrected chi connectivity index (χ0v) is 20.2. The Morgan fingerprint density at radius 3 is 2.03 bits per heavy atom. The lowest BCUT2D eigenvalue weighted by Crippen LogP contribution is -2.15. The minimum atomic E-state index is -0.706. The maximum atomic E-state index is 12.5. The first-order valence-electron chi connectivity index (χ1n) is 11.5. The van der Waals surface area contributed by atoms with Crippen LogP contribution in [0.1, 0.15) is 36.6 Å². The molecule has 4 aromatic carbocycles. The van der Waals surface area contributed by atoms with E-state index in [-0.39, 0.29) is 17.2 Å². The Labute approximate surface area is 217 Å². The number of esters is 1. The van der Waals surface area contributed by atoms with Crippen molar-refractivity contribution in [3.05, 3.63) is 129 Å². The molecule has 0 atom stereocenters. The number of nitro benzene ring substituents is 1. The molecule has 0 fully saturated rings. The molecule has 4 aromatic rings. The molecule has 4 rings (SSSR count). The van der Waals surface area contributed by atoms with E-state index in [1.54, 1.807) is 36.4 Å². The number of nitro groups is 1. The van der Waals surface area contributed by atoms with Gasteiger partial charge in [0.2, 0.25) is 0 Å². The average molecular weight is 511 g/mol. The lowest BCUT2D eigenvalue weighted by atomic mass is 10.1. The summed E-state index contributed by atoms with van der Waals surface area (Å²) in [5.41, 5.74) is 2.39. The number of carbonyl (C=O) groups excluding carboxylic acids is 3. The summed E-state index contributed by atoms with van der Waals surface area (Å²) in [6.45, 7) is 1.46. The molecule has 0 heterocycles. The topological polar surface area (TPSA) is 125 Å². The van der Waals surface area contributed by atoms with Gasteiger partial charge < -0.3 is 14.8 Å². The molecular formula is C29H22N2O7. The quantitative estimate of drug-likeness (QED) is 0.127. The number of ether oxygens (including phenoxy) is 2. The third kappa shape index (κ3) is 6.67. The number of nitrogens with zero attached hydrogens (tertiary/aromatic N) is 1. The number of amides is 1. The Hall–Kier alpha value is -5.31. The van der Waals surface area contributed by atoms with E-state index < -0.39 is 23.3 Å². The van der Waals surface area contributed by atoms with Crippen LogP contribution in [-0.2, 0) is 4.74 Å². The molecule has 1 N–H and O–H groups in total. The SMILES string of the molecule is Cc1ccc(C(=O)Nc2cccc(C(=O)OCC(=O)c3ccc(Oc4ccc([N+](=O)[O-])cc4)cc3)c2)cc1. The molecule has 0 radical (unpaired) electrons. The van der Waals surface area contributed by atoms with Gasteiger partial charge in [0.25, 0.3) is 11.6 Å². The molecule has 190 valence electrons. The van der Waals surface area contributed by atoms with Gasteiger partial charge in [0.1, 0.15) is 11.5 Å². The molecule has 38 heavy (non-hydrogen) atoms. The second-order valence-electron chi connectivity index (χ2n) is 8.28. The maximum absolute atomic E-state index is 12.5. The van der Waals surface area contributed by atoms with E-state index in [0.717, 1.165) is 5.56 Å². The lowest BCUT2D eigenvalue weighted by Gasteiger charge is -2.09. The van der Waals surface area contributed by atoms with Gasteiger partial charge in [0, 0.05) is 28.9 Å². The standard InChI is InChI=1S/C29H22N2O7/c1-19-5-7-21(8-6-19)28(33)30-23-4-2-3-22(17-23)29(34)37-18-27(32)20-9-13-25(14-10-20)38-26-15-11-24(12-16-26)31(35)36/h2-17H,18H2,1H3,(H,30,33). The van der Waals surface area contributed by atoms with Crippen LogP contribution in [0.4, 0.5) is 11.4 Å². The minimum Gasteiger partial charge on any atom is -0.457 e. The molecule has 0 bridgehead atoms. The predicted octanol–water partition coefficient (Wildman–Crippen LogP) is 5.99. The van der Waals surface area contributed by atoms with Gasteiger partial charge in [-0.2, -0.15) is 0 Å². The molecule has 0 aliphatic heterocycles. The molecule has 0 aliphatic carbocycles. The Balaban J connectivity index is 1.31. The summed E-state index contributed by atoms with van der Waals surface area (Å²) in [6.07, 6.45) is 0. The highest BCUT2D eigenvalue weighted by molar-refractivity contribution is 6.05. The number of benzene rings is 4. The largest absolute Gasteiger partial charge is 0.457 e. The zero-order valence-electron chi connectivity index (χ0n) is 20.2. The van der Waals surface area contributed by atoms with Crippen LogP contribution < -0.4 is 10.1 Å². The normalized spacial score (nSPS) is 10.3. The van der Waals surface area contributed by atoms with Crippen LogP contribution in [0.25, 0.3) is 0 Å². The van der Waals surface area contributed by atoms with E-state index in [0.29, 0.717) is 28.3 Å². The second-order valence-corrected chi connectivity index (χ2v) is 8.28. The van der Waals surface area contributed by atoms with E-state index in [4.69, 9.17) is 9.47 Å². The van der Waals surface area contributed by atoms with E-state index >= 15 is 0 Å². The highest BCUT2D eigenvalue weighted by Gasteiger charge is 2.14. The molecule has 0 saturated heterocycles. The molecule has 9 nitrogen and oxygen atoms in total. The van der Waals surface area contributed by atoms with Crippen LogP contribution >= 0.6 is 0 Å². The summed E-state index contributed by atoms with van der Waals surface area (Å²) < 4.78 is 10.8. The number of rotatable bonds is 9. The van der Waals surface area contributed by atoms with Gasteiger partial charge in [-0.1, -0.05) is 23.8 Å². The summed E-state index contributed by atoms with van der Waals surface area (Å²) in [5.74, 6) is -0.600. The molecule has 9 heteroatoms. The smallest absolute Gasteiger partial charge is 0.338 e. The van der Waals surface area contributed by atoms with Crippen molar-refractivity contribution < 1.29 is 28.8 Å². The summed E-state index contributed by atoms with van der Waals surface area (Å²) in [5, 5.41) is 13.5. The fourth-order valence-corrected chi connectivity index (χ4v) is 3.41. The Kier molecular flexibility index (Phi) is 7.88. The number of nitrogens with one attached hydrogen (secondary N) is 1. The van der Waals surface area contributed by atoms with Crippen LogP contribution in [0.2, 0.25) is 0 Å². The zero-order chi connectivity index (χ0) is 27.1. The molecule has 0 unspecified atom stereocenters. The fraction of sp³-hybridized carbons (Fsp3) is 0.0690. The van der Waals surface area contributed by atoms with Crippen molar-refractivity contribution >= 4 is 29.0 Å². The number of carbonyl (C=O) groups is 3. The third-order valence-electron chi connectivity index (χ3n) is 5.46. The summed E-state index contributed by atoms with van der Waals surface area (Å²) in [7, 11) is 0. The number of hydrogen-bond donors (Lipinski definition) is 1. The second kappa shape index (κ2) is 11.6.